The fourth-order valence-electron chi connectivity index (χ4n) is 2.37. The molecule has 1 aromatic heterocycles. The number of nitrogens with zero attached hydrogens (tertiary/aromatic N) is 1. The highest BCUT2D eigenvalue weighted by molar-refractivity contribution is 5.22. The number of hydrogen-bond donors (Lipinski definition) is 1. The Bertz CT molecular complexity index is 546. The van der Waals surface area contributed by atoms with Gasteiger partial charge in [0.05, 0.1) is 5.69 Å². The smallest absolute Gasteiger partial charge is 0.133 e. The van der Waals surface area contributed by atoms with Crippen molar-refractivity contribution in [3.8, 4) is 0 Å². The van der Waals surface area contributed by atoms with Gasteiger partial charge in [-0.3, -0.25) is 0 Å². The van der Waals surface area contributed by atoms with E-state index in [9.17, 15) is 4.39 Å². The highest BCUT2D eigenvalue weighted by Gasteiger charge is 2.32. The normalized spacial score (nSPS) is 16.5. The maximum absolute atomic E-state index is 13.0. The molecule has 0 radical (unpaired) electrons. The Labute approximate surface area is 111 Å². The van der Waals surface area contributed by atoms with Crippen LogP contribution in [0.3, 0.4) is 0 Å². The molecule has 1 saturated carbocycles. The quantitative estimate of drug-likeness (QED) is 0.895. The Morgan fingerprint density at radius 2 is 2.11 bits per heavy atom. The van der Waals surface area contributed by atoms with Crippen LogP contribution in [-0.2, 0) is 6.54 Å². The Morgan fingerprint density at radius 1 is 1.37 bits per heavy atom. The SMILES string of the molecule is Cc1cc(CNC(c2ccc(F)cc2)C2CC2)no1. The number of aryl methyl sites for hydroxylation is 1. The van der Waals surface area contributed by atoms with Gasteiger partial charge in [-0.25, -0.2) is 4.39 Å². The summed E-state index contributed by atoms with van der Waals surface area (Å²) in [6.07, 6.45) is 2.46. The van der Waals surface area contributed by atoms with Gasteiger partial charge in [0.25, 0.3) is 0 Å². The minimum Gasteiger partial charge on any atom is -0.361 e. The van der Waals surface area contributed by atoms with Crippen molar-refractivity contribution in [3.05, 3.63) is 53.2 Å². The first-order valence-electron chi connectivity index (χ1n) is 6.63. The Morgan fingerprint density at radius 3 is 2.68 bits per heavy atom. The summed E-state index contributed by atoms with van der Waals surface area (Å²) >= 11 is 0. The summed E-state index contributed by atoms with van der Waals surface area (Å²) in [5.74, 6) is 1.28. The number of rotatable bonds is 5. The van der Waals surface area contributed by atoms with Gasteiger partial charge in [-0.15, -0.1) is 0 Å². The van der Waals surface area contributed by atoms with Gasteiger partial charge < -0.3 is 9.84 Å². The molecule has 4 heteroatoms. The van der Waals surface area contributed by atoms with Crippen molar-refractivity contribution in [2.45, 2.75) is 32.4 Å². The van der Waals surface area contributed by atoms with E-state index in [0.29, 0.717) is 12.5 Å². The van der Waals surface area contributed by atoms with E-state index in [4.69, 9.17) is 4.52 Å². The Balaban J connectivity index is 1.69. The van der Waals surface area contributed by atoms with Crippen LogP contribution in [0.2, 0.25) is 0 Å². The molecule has 1 aromatic carbocycles. The number of hydrogen-bond acceptors (Lipinski definition) is 3. The molecular weight excluding hydrogens is 243 g/mol. The van der Waals surface area contributed by atoms with E-state index in [1.165, 1.54) is 25.0 Å². The molecule has 2 aromatic rings. The molecule has 1 N–H and O–H groups in total. The third-order valence-electron chi connectivity index (χ3n) is 3.50. The van der Waals surface area contributed by atoms with Gasteiger partial charge in [0, 0.05) is 18.7 Å². The fraction of sp³-hybridized carbons (Fsp3) is 0.400. The van der Waals surface area contributed by atoms with Crippen LogP contribution in [-0.4, -0.2) is 5.16 Å². The van der Waals surface area contributed by atoms with E-state index in [1.807, 2.05) is 25.1 Å². The molecule has 1 atom stereocenters. The lowest BCUT2D eigenvalue weighted by atomic mass is 10.0. The molecule has 100 valence electrons. The topological polar surface area (TPSA) is 38.1 Å². The van der Waals surface area contributed by atoms with Crippen molar-refractivity contribution in [2.24, 2.45) is 5.92 Å². The molecule has 0 amide bonds. The first-order valence-corrected chi connectivity index (χ1v) is 6.63. The van der Waals surface area contributed by atoms with Crippen LogP contribution in [0.4, 0.5) is 4.39 Å². The van der Waals surface area contributed by atoms with Gasteiger partial charge in [0.15, 0.2) is 0 Å². The number of aromatic nitrogens is 1. The molecule has 1 heterocycles. The predicted molar refractivity (Wildman–Crippen MR) is 69.9 cm³/mol. The molecule has 1 unspecified atom stereocenters. The van der Waals surface area contributed by atoms with Gasteiger partial charge in [-0.05, 0) is 43.4 Å². The molecule has 1 aliphatic carbocycles. The van der Waals surface area contributed by atoms with Gasteiger partial charge in [0.2, 0.25) is 0 Å². The maximum Gasteiger partial charge on any atom is 0.133 e. The second-order valence-electron chi connectivity index (χ2n) is 5.18. The highest BCUT2D eigenvalue weighted by atomic mass is 19.1. The summed E-state index contributed by atoms with van der Waals surface area (Å²) in [7, 11) is 0. The van der Waals surface area contributed by atoms with Crippen LogP contribution < -0.4 is 5.32 Å². The summed E-state index contributed by atoms with van der Waals surface area (Å²) < 4.78 is 18.0. The van der Waals surface area contributed by atoms with Crippen molar-refractivity contribution < 1.29 is 8.91 Å². The van der Waals surface area contributed by atoms with Crippen LogP contribution in [0.15, 0.2) is 34.9 Å². The van der Waals surface area contributed by atoms with Crippen LogP contribution in [0, 0.1) is 18.7 Å². The van der Waals surface area contributed by atoms with E-state index >= 15 is 0 Å². The highest BCUT2D eigenvalue weighted by Crippen LogP contribution is 2.41. The largest absolute Gasteiger partial charge is 0.361 e. The van der Waals surface area contributed by atoms with Crippen molar-refractivity contribution in [3.63, 3.8) is 0 Å². The molecule has 0 spiro atoms. The van der Waals surface area contributed by atoms with Crippen molar-refractivity contribution in [2.75, 3.05) is 0 Å². The van der Waals surface area contributed by atoms with E-state index in [2.05, 4.69) is 10.5 Å². The average molecular weight is 260 g/mol. The molecule has 3 rings (SSSR count). The van der Waals surface area contributed by atoms with Gasteiger partial charge in [-0.2, -0.15) is 0 Å². The molecule has 3 nitrogen and oxygen atoms in total. The molecule has 19 heavy (non-hydrogen) atoms. The van der Waals surface area contributed by atoms with Gasteiger partial charge >= 0.3 is 0 Å². The predicted octanol–water partition coefficient (Wildman–Crippen LogP) is 3.36. The third-order valence-corrected chi connectivity index (χ3v) is 3.50. The van der Waals surface area contributed by atoms with E-state index in [-0.39, 0.29) is 11.9 Å². The lowest BCUT2D eigenvalue weighted by molar-refractivity contribution is 0.383. The second-order valence-corrected chi connectivity index (χ2v) is 5.18. The van der Waals surface area contributed by atoms with Crippen molar-refractivity contribution in [1.82, 2.24) is 10.5 Å². The summed E-state index contributed by atoms with van der Waals surface area (Å²) in [6, 6.07) is 8.97. The molecular formula is C15H17FN2O. The molecule has 1 fully saturated rings. The number of nitrogens with one attached hydrogen (secondary N) is 1. The van der Waals surface area contributed by atoms with Crippen molar-refractivity contribution in [1.29, 1.82) is 0 Å². The minimum absolute atomic E-state index is 0.189. The van der Waals surface area contributed by atoms with Crippen LogP contribution >= 0.6 is 0 Å². The maximum atomic E-state index is 13.0. The molecule has 0 saturated heterocycles. The summed E-state index contributed by atoms with van der Waals surface area (Å²) in [5.41, 5.74) is 2.05. The van der Waals surface area contributed by atoms with Gasteiger partial charge in [-0.1, -0.05) is 17.3 Å². The van der Waals surface area contributed by atoms with Gasteiger partial charge in [0.1, 0.15) is 11.6 Å². The monoisotopic (exact) mass is 260 g/mol. The lowest BCUT2D eigenvalue weighted by Crippen LogP contribution is -2.22. The zero-order valence-electron chi connectivity index (χ0n) is 10.9. The first kappa shape index (κ1) is 12.4. The summed E-state index contributed by atoms with van der Waals surface area (Å²) in [4.78, 5) is 0. The van der Waals surface area contributed by atoms with E-state index < -0.39 is 0 Å². The summed E-state index contributed by atoms with van der Waals surface area (Å²) in [5, 5.41) is 7.48. The van der Waals surface area contributed by atoms with E-state index in [1.54, 1.807) is 0 Å². The third kappa shape index (κ3) is 3.01. The number of benzene rings is 1. The molecule has 0 bridgehead atoms. The minimum atomic E-state index is -0.189. The first-order chi connectivity index (χ1) is 9.22. The molecule has 1 aliphatic rings. The Hall–Kier alpha value is -1.68. The number of halogens is 1. The van der Waals surface area contributed by atoms with Crippen LogP contribution in [0.5, 0.6) is 0 Å². The average Bonchev–Trinajstić information content (AvgIpc) is 3.15. The Kier molecular flexibility index (Phi) is 3.34. The zero-order valence-corrected chi connectivity index (χ0v) is 10.9. The standard InChI is InChI=1S/C15H17FN2O/c1-10-8-14(18-19-10)9-17-15(11-2-3-11)12-4-6-13(16)7-5-12/h4-8,11,15,17H,2-3,9H2,1H3. The lowest BCUT2D eigenvalue weighted by Gasteiger charge is -2.18. The van der Waals surface area contributed by atoms with Crippen LogP contribution in [0.25, 0.3) is 0 Å². The van der Waals surface area contributed by atoms with Crippen molar-refractivity contribution >= 4 is 0 Å². The zero-order chi connectivity index (χ0) is 13.2. The molecule has 0 aliphatic heterocycles. The fourth-order valence-corrected chi connectivity index (χ4v) is 2.37. The second kappa shape index (κ2) is 5.13. The van der Waals surface area contributed by atoms with E-state index in [0.717, 1.165) is 17.0 Å². The van der Waals surface area contributed by atoms with Crippen LogP contribution in [0.1, 0.15) is 35.9 Å². The summed E-state index contributed by atoms with van der Waals surface area (Å²) in [6.45, 7) is 2.56.